The summed E-state index contributed by atoms with van der Waals surface area (Å²) in [6.45, 7) is 1.55. The van der Waals surface area contributed by atoms with Crippen LogP contribution in [0.5, 0.6) is 0 Å². The van der Waals surface area contributed by atoms with Gasteiger partial charge in [-0.25, -0.2) is 4.98 Å². The predicted molar refractivity (Wildman–Crippen MR) is 128 cm³/mol. The van der Waals surface area contributed by atoms with Crippen LogP contribution in [-0.4, -0.2) is 48.3 Å². The molecule has 0 radical (unpaired) electrons. The Balaban J connectivity index is 1.27. The maximum Gasteiger partial charge on any atom is 0.225 e. The molecule has 0 aliphatic heterocycles. The van der Waals surface area contributed by atoms with Gasteiger partial charge in [-0.1, -0.05) is 42.5 Å². The monoisotopic (exact) mass is 419 g/mol. The average molecular weight is 420 g/mol. The molecule has 1 aliphatic carbocycles. The second-order valence-corrected chi connectivity index (χ2v) is 8.73. The Labute approximate surface area is 184 Å². The molecule has 4 rings (SSSR count). The van der Waals surface area contributed by atoms with Crippen molar-refractivity contribution >= 4 is 22.7 Å². The molecule has 6 nitrogen and oxygen atoms in total. The summed E-state index contributed by atoms with van der Waals surface area (Å²) in [6, 6.07) is 18.4. The van der Waals surface area contributed by atoms with Crippen LogP contribution in [0.1, 0.15) is 37.4 Å². The highest BCUT2D eigenvalue weighted by Crippen LogP contribution is 2.28. The second-order valence-electron chi connectivity index (χ2n) is 8.73. The van der Waals surface area contributed by atoms with E-state index in [2.05, 4.69) is 16.7 Å². The Bertz CT molecular complexity index is 970. The summed E-state index contributed by atoms with van der Waals surface area (Å²) < 4.78 is 0. The lowest BCUT2D eigenvalue weighted by Gasteiger charge is -2.30. The molecule has 1 atom stereocenters. The molecule has 1 aliphatic rings. The minimum Gasteiger partial charge on any atom is -0.387 e. The van der Waals surface area contributed by atoms with E-state index in [0.29, 0.717) is 18.5 Å². The maximum absolute atomic E-state index is 10.3. The first-order valence-corrected chi connectivity index (χ1v) is 11.2. The molecule has 3 N–H and O–H groups in total. The number of fused-ring (bicyclic) bond motifs is 1. The van der Waals surface area contributed by atoms with Gasteiger partial charge in [0.15, 0.2) is 0 Å². The summed E-state index contributed by atoms with van der Waals surface area (Å²) in [5.74, 6) is 2.31. The van der Waals surface area contributed by atoms with Crippen molar-refractivity contribution in [3.05, 3.63) is 60.2 Å². The van der Waals surface area contributed by atoms with Gasteiger partial charge in [-0.05, 0) is 55.8 Å². The molecule has 1 saturated carbocycles. The summed E-state index contributed by atoms with van der Waals surface area (Å²) in [5.41, 5.74) is 1.94. The SMILES string of the molecule is CN(C)c1nc(N[C@H]2CC[C@@H](CNCC(O)c3ccccc3)CC2)nc2ccccc12. The highest BCUT2D eigenvalue weighted by Gasteiger charge is 2.22. The van der Waals surface area contributed by atoms with Crippen LogP contribution < -0.4 is 15.5 Å². The van der Waals surface area contributed by atoms with Gasteiger partial charge in [-0.3, -0.25) is 0 Å². The summed E-state index contributed by atoms with van der Waals surface area (Å²) in [6.07, 6.45) is 4.11. The Morgan fingerprint density at radius 1 is 0.968 bits per heavy atom. The number of aromatic nitrogens is 2. The first-order chi connectivity index (χ1) is 15.1. The fraction of sp³-hybridized carbons (Fsp3) is 0.440. The van der Waals surface area contributed by atoms with Crippen LogP contribution in [0.15, 0.2) is 54.6 Å². The highest BCUT2D eigenvalue weighted by molar-refractivity contribution is 5.90. The van der Waals surface area contributed by atoms with Gasteiger partial charge in [0.1, 0.15) is 5.82 Å². The van der Waals surface area contributed by atoms with Crippen LogP contribution in [0.3, 0.4) is 0 Å². The van der Waals surface area contributed by atoms with E-state index in [1.807, 2.05) is 67.5 Å². The summed E-state index contributed by atoms with van der Waals surface area (Å²) in [7, 11) is 4.04. The van der Waals surface area contributed by atoms with Gasteiger partial charge in [0.2, 0.25) is 5.95 Å². The predicted octanol–water partition coefficient (Wildman–Crippen LogP) is 3.99. The molecule has 1 unspecified atom stereocenters. The molecule has 0 spiro atoms. The van der Waals surface area contributed by atoms with Crippen molar-refractivity contribution in [3.8, 4) is 0 Å². The standard InChI is InChI=1S/C25H33N5O/c1-30(2)24-21-10-6-7-11-22(21)28-25(29-24)27-20-14-12-18(13-15-20)16-26-17-23(31)19-8-4-3-5-9-19/h3-11,18,20,23,26,31H,12-17H2,1-2H3,(H,27,28,29)/t18-,20+,23?. The average Bonchev–Trinajstić information content (AvgIpc) is 2.80. The van der Waals surface area contributed by atoms with E-state index in [4.69, 9.17) is 9.97 Å². The zero-order valence-corrected chi connectivity index (χ0v) is 18.5. The number of benzene rings is 2. The zero-order valence-electron chi connectivity index (χ0n) is 18.5. The van der Waals surface area contributed by atoms with Gasteiger partial charge >= 0.3 is 0 Å². The summed E-state index contributed by atoms with van der Waals surface area (Å²) in [5, 5.41) is 18.4. The Hall–Kier alpha value is -2.70. The van der Waals surface area contributed by atoms with Gasteiger partial charge in [-0.15, -0.1) is 0 Å². The highest BCUT2D eigenvalue weighted by atomic mass is 16.3. The molecule has 1 aromatic heterocycles. The van der Waals surface area contributed by atoms with Crippen LogP contribution >= 0.6 is 0 Å². The maximum atomic E-state index is 10.3. The third kappa shape index (κ3) is 5.51. The third-order valence-corrected chi connectivity index (χ3v) is 6.14. The van der Waals surface area contributed by atoms with Crippen molar-refractivity contribution in [1.82, 2.24) is 15.3 Å². The number of hydrogen-bond acceptors (Lipinski definition) is 6. The van der Waals surface area contributed by atoms with E-state index in [1.54, 1.807) is 0 Å². The number of anilines is 2. The van der Waals surface area contributed by atoms with Gasteiger partial charge < -0.3 is 20.6 Å². The van der Waals surface area contributed by atoms with E-state index < -0.39 is 6.10 Å². The third-order valence-electron chi connectivity index (χ3n) is 6.14. The topological polar surface area (TPSA) is 73.3 Å². The lowest BCUT2D eigenvalue weighted by Crippen LogP contribution is -2.33. The lowest BCUT2D eigenvalue weighted by atomic mass is 9.86. The first-order valence-electron chi connectivity index (χ1n) is 11.2. The van der Waals surface area contributed by atoms with Gasteiger partial charge in [0.05, 0.1) is 11.6 Å². The number of nitrogens with zero attached hydrogens (tertiary/aromatic N) is 3. The van der Waals surface area contributed by atoms with Crippen LogP contribution in [-0.2, 0) is 0 Å². The Morgan fingerprint density at radius 2 is 1.68 bits per heavy atom. The van der Waals surface area contributed by atoms with Crippen molar-refractivity contribution in [2.45, 2.75) is 37.8 Å². The van der Waals surface area contributed by atoms with E-state index in [0.717, 1.165) is 47.6 Å². The van der Waals surface area contributed by atoms with Crippen LogP contribution in [0, 0.1) is 5.92 Å². The van der Waals surface area contributed by atoms with Gasteiger partial charge in [0.25, 0.3) is 0 Å². The van der Waals surface area contributed by atoms with Crippen molar-refractivity contribution in [1.29, 1.82) is 0 Å². The lowest BCUT2D eigenvalue weighted by molar-refractivity contribution is 0.170. The Kier molecular flexibility index (Phi) is 6.99. The number of rotatable bonds is 8. The van der Waals surface area contributed by atoms with Crippen molar-refractivity contribution < 1.29 is 5.11 Å². The van der Waals surface area contributed by atoms with E-state index in [9.17, 15) is 5.11 Å². The van der Waals surface area contributed by atoms with Crippen molar-refractivity contribution in [3.63, 3.8) is 0 Å². The first kappa shape index (κ1) is 21.5. The number of aliphatic hydroxyl groups is 1. The fourth-order valence-electron chi connectivity index (χ4n) is 4.38. The molecule has 164 valence electrons. The van der Waals surface area contributed by atoms with Crippen molar-refractivity contribution in [2.75, 3.05) is 37.4 Å². The van der Waals surface area contributed by atoms with Gasteiger partial charge in [-0.2, -0.15) is 4.98 Å². The minimum absolute atomic E-state index is 0.405. The van der Waals surface area contributed by atoms with Crippen molar-refractivity contribution in [2.24, 2.45) is 5.92 Å². The molecule has 1 heterocycles. The van der Waals surface area contributed by atoms with E-state index in [-0.39, 0.29) is 0 Å². The molecule has 0 bridgehead atoms. The molecule has 0 amide bonds. The Morgan fingerprint density at radius 3 is 2.42 bits per heavy atom. The van der Waals surface area contributed by atoms with Crippen LogP contribution in [0.2, 0.25) is 0 Å². The number of hydrogen-bond donors (Lipinski definition) is 3. The van der Waals surface area contributed by atoms with Crippen LogP contribution in [0.25, 0.3) is 10.9 Å². The molecule has 3 aromatic rings. The van der Waals surface area contributed by atoms with E-state index >= 15 is 0 Å². The molecular formula is C25H33N5O. The summed E-state index contributed by atoms with van der Waals surface area (Å²) >= 11 is 0. The molecular weight excluding hydrogens is 386 g/mol. The fourth-order valence-corrected chi connectivity index (χ4v) is 4.38. The van der Waals surface area contributed by atoms with Gasteiger partial charge in [0, 0.05) is 32.1 Å². The van der Waals surface area contributed by atoms with E-state index in [1.165, 1.54) is 12.8 Å². The summed E-state index contributed by atoms with van der Waals surface area (Å²) in [4.78, 5) is 11.6. The molecule has 31 heavy (non-hydrogen) atoms. The smallest absolute Gasteiger partial charge is 0.225 e. The molecule has 0 saturated heterocycles. The number of nitrogens with one attached hydrogen (secondary N) is 2. The molecule has 1 fully saturated rings. The number of aliphatic hydroxyl groups excluding tert-OH is 1. The number of para-hydroxylation sites is 1. The largest absolute Gasteiger partial charge is 0.387 e. The second kappa shape index (κ2) is 10.1. The molecule has 6 heteroatoms. The minimum atomic E-state index is -0.449. The zero-order chi connectivity index (χ0) is 21.6. The normalized spacial score (nSPS) is 19.8. The van der Waals surface area contributed by atoms with Crippen LogP contribution in [0.4, 0.5) is 11.8 Å². The molecule has 2 aromatic carbocycles. The quantitative estimate of drug-likeness (QED) is 0.513.